The molecule has 4 nitrogen and oxygen atoms in total. The van der Waals surface area contributed by atoms with Crippen molar-refractivity contribution >= 4 is 5.91 Å². The third kappa shape index (κ3) is 5.91. The number of hydrogen-bond acceptors (Lipinski definition) is 3. The van der Waals surface area contributed by atoms with Gasteiger partial charge in [-0.05, 0) is 46.7 Å². The van der Waals surface area contributed by atoms with E-state index in [9.17, 15) is 4.79 Å². The van der Waals surface area contributed by atoms with Gasteiger partial charge in [0.1, 0.15) is 0 Å². The molecule has 0 heterocycles. The summed E-state index contributed by atoms with van der Waals surface area (Å²) < 4.78 is 0. The fourth-order valence-electron chi connectivity index (χ4n) is 2.59. The van der Waals surface area contributed by atoms with Crippen LogP contribution >= 0.6 is 0 Å². The fourth-order valence-corrected chi connectivity index (χ4v) is 2.59. The van der Waals surface area contributed by atoms with E-state index in [4.69, 9.17) is 5.73 Å². The highest BCUT2D eigenvalue weighted by atomic mass is 16.1. The molecule has 0 spiro atoms. The molecule has 19 heavy (non-hydrogen) atoms. The number of amides is 1. The van der Waals surface area contributed by atoms with E-state index in [1.54, 1.807) is 0 Å². The van der Waals surface area contributed by atoms with E-state index in [1.807, 2.05) is 0 Å². The lowest BCUT2D eigenvalue weighted by Gasteiger charge is -2.22. The number of nitrogens with two attached hydrogens (primary N) is 1. The maximum absolute atomic E-state index is 12.1. The van der Waals surface area contributed by atoms with Gasteiger partial charge in [0.05, 0.1) is 5.92 Å². The third-order valence-electron chi connectivity index (χ3n) is 4.27. The minimum Gasteiger partial charge on any atom is -0.356 e. The highest BCUT2D eigenvalue weighted by molar-refractivity contribution is 5.79. The fraction of sp³-hybridized carbons (Fsp3) is 0.933. The largest absolute Gasteiger partial charge is 0.356 e. The van der Waals surface area contributed by atoms with Gasteiger partial charge in [-0.25, -0.2) is 0 Å². The van der Waals surface area contributed by atoms with Crippen molar-refractivity contribution < 1.29 is 4.79 Å². The molecule has 1 aliphatic carbocycles. The molecule has 2 atom stereocenters. The van der Waals surface area contributed by atoms with Gasteiger partial charge in [0.2, 0.25) is 5.91 Å². The SMILES string of the molecule is CC(C)N(C)CCCNC(=O)C1CCCCCC1N. The Morgan fingerprint density at radius 3 is 2.68 bits per heavy atom. The van der Waals surface area contributed by atoms with Crippen molar-refractivity contribution in [2.45, 2.75) is 64.5 Å². The molecule has 1 aliphatic rings. The van der Waals surface area contributed by atoms with E-state index in [2.05, 4.69) is 31.1 Å². The number of carbonyl (C=O) groups excluding carboxylic acids is 1. The summed E-state index contributed by atoms with van der Waals surface area (Å²) in [6, 6.07) is 0.617. The van der Waals surface area contributed by atoms with Crippen molar-refractivity contribution in [2.75, 3.05) is 20.1 Å². The molecule has 1 saturated carbocycles. The average molecular weight is 269 g/mol. The van der Waals surface area contributed by atoms with Gasteiger partial charge in [0.15, 0.2) is 0 Å². The standard InChI is InChI=1S/C15H31N3O/c1-12(2)18(3)11-7-10-17-15(19)13-8-5-4-6-9-14(13)16/h12-14H,4-11,16H2,1-3H3,(H,17,19). The third-order valence-corrected chi connectivity index (χ3v) is 4.27. The van der Waals surface area contributed by atoms with Crippen LogP contribution in [-0.2, 0) is 4.79 Å². The molecule has 0 radical (unpaired) electrons. The number of rotatable bonds is 6. The van der Waals surface area contributed by atoms with Crippen molar-refractivity contribution in [3.8, 4) is 0 Å². The molecule has 0 bridgehead atoms. The highest BCUT2D eigenvalue weighted by Gasteiger charge is 2.26. The second-order valence-electron chi connectivity index (χ2n) is 6.13. The number of nitrogens with zero attached hydrogens (tertiary/aromatic N) is 1. The van der Waals surface area contributed by atoms with Crippen LogP contribution in [0.2, 0.25) is 0 Å². The van der Waals surface area contributed by atoms with Crippen LogP contribution in [0.3, 0.4) is 0 Å². The zero-order valence-corrected chi connectivity index (χ0v) is 12.8. The molecule has 1 amide bonds. The summed E-state index contributed by atoms with van der Waals surface area (Å²) in [7, 11) is 2.12. The molecule has 1 fully saturated rings. The molecule has 2 unspecified atom stereocenters. The Kier molecular flexibility index (Phi) is 7.39. The van der Waals surface area contributed by atoms with Crippen molar-refractivity contribution in [3.05, 3.63) is 0 Å². The van der Waals surface area contributed by atoms with Crippen LogP contribution in [0.25, 0.3) is 0 Å². The van der Waals surface area contributed by atoms with Crippen LogP contribution in [0.4, 0.5) is 0 Å². The summed E-state index contributed by atoms with van der Waals surface area (Å²) in [6.07, 6.45) is 6.48. The topological polar surface area (TPSA) is 58.4 Å². The Morgan fingerprint density at radius 2 is 2.00 bits per heavy atom. The predicted molar refractivity (Wildman–Crippen MR) is 79.9 cm³/mol. The summed E-state index contributed by atoms with van der Waals surface area (Å²) >= 11 is 0. The molecule has 3 N–H and O–H groups in total. The summed E-state index contributed by atoms with van der Waals surface area (Å²) in [5.74, 6) is 0.201. The van der Waals surface area contributed by atoms with Crippen LogP contribution < -0.4 is 11.1 Å². The monoisotopic (exact) mass is 269 g/mol. The molecule has 0 aromatic carbocycles. The average Bonchev–Trinajstić information content (AvgIpc) is 2.58. The van der Waals surface area contributed by atoms with E-state index in [1.165, 1.54) is 12.8 Å². The summed E-state index contributed by atoms with van der Waals surface area (Å²) in [5, 5.41) is 3.06. The maximum atomic E-state index is 12.1. The van der Waals surface area contributed by atoms with Crippen LogP contribution in [0.15, 0.2) is 0 Å². The van der Waals surface area contributed by atoms with E-state index in [-0.39, 0.29) is 17.9 Å². The van der Waals surface area contributed by atoms with Crippen molar-refractivity contribution in [2.24, 2.45) is 11.7 Å². The van der Waals surface area contributed by atoms with Gasteiger partial charge < -0.3 is 16.0 Å². The van der Waals surface area contributed by atoms with E-state index in [0.29, 0.717) is 6.04 Å². The van der Waals surface area contributed by atoms with Gasteiger partial charge in [-0.2, -0.15) is 0 Å². The van der Waals surface area contributed by atoms with Crippen LogP contribution in [0.5, 0.6) is 0 Å². The Labute approximate surface area is 118 Å². The van der Waals surface area contributed by atoms with Crippen molar-refractivity contribution in [1.29, 1.82) is 0 Å². The van der Waals surface area contributed by atoms with E-state index < -0.39 is 0 Å². The van der Waals surface area contributed by atoms with Gasteiger partial charge in [-0.1, -0.05) is 19.3 Å². The lowest BCUT2D eigenvalue weighted by atomic mass is 9.94. The molecule has 0 aromatic rings. The molecule has 112 valence electrons. The first-order valence-corrected chi connectivity index (χ1v) is 7.76. The number of hydrogen-bond donors (Lipinski definition) is 2. The molecule has 4 heteroatoms. The molecule has 0 saturated heterocycles. The highest BCUT2D eigenvalue weighted by Crippen LogP contribution is 2.22. The second kappa shape index (κ2) is 8.54. The Balaban J connectivity index is 2.22. The summed E-state index contributed by atoms with van der Waals surface area (Å²) in [6.45, 7) is 6.15. The molecule has 1 rings (SSSR count). The summed E-state index contributed by atoms with van der Waals surface area (Å²) in [4.78, 5) is 14.4. The Bertz CT molecular complexity index is 268. The first kappa shape index (κ1) is 16.4. The van der Waals surface area contributed by atoms with E-state index in [0.717, 1.165) is 38.8 Å². The molecule has 0 aromatic heterocycles. The molecule has 0 aliphatic heterocycles. The lowest BCUT2D eigenvalue weighted by molar-refractivity contribution is -0.125. The van der Waals surface area contributed by atoms with Crippen molar-refractivity contribution in [3.63, 3.8) is 0 Å². The lowest BCUT2D eigenvalue weighted by Crippen LogP contribution is -2.42. The Morgan fingerprint density at radius 1 is 1.32 bits per heavy atom. The van der Waals surface area contributed by atoms with Crippen LogP contribution in [0.1, 0.15) is 52.4 Å². The van der Waals surface area contributed by atoms with Gasteiger partial charge >= 0.3 is 0 Å². The first-order valence-electron chi connectivity index (χ1n) is 7.76. The normalized spacial score (nSPS) is 24.5. The van der Waals surface area contributed by atoms with Crippen molar-refractivity contribution in [1.82, 2.24) is 10.2 Å². The zero-order chi connectivity index (χ0) is 14.3. The minimum atomic E-state index is 0.0327. The van der Waals surface area contributed by atoms with Crippen LogP contribution in [0, 0.1) is 5.92 Å². The maximum Gasteiger partial charge on any atom is 0.224 e. The van der Waals surface area contributed by atoms with Crippen LogP contribution in [-0.4, -0.2) is 43.0 Å². The quantitative estimate of drug-likeness (QED) is 0.570. The molecular formula is C15H31N3O. The number of carbonyl (C=O) groups is 1. The van der Waals surface area contributed by atoms with Gasteiger partial charge in [-0.3, -0.25) is 4.79 Å². The Hall–Kier alpha value is -0.610. The van der Waals surface area contributed by atoms with E-state index >= 15 is 0 Å². The minimum absolute atomic E-state index is 0.0327. The predicted octanol–water partition coefficient (Wildman–Crippen LogP) is 1.74. The van der Waals surface area contributed by atoms with Gasteiger partial charge in [0.25, 0.3) is 0 Å². The first-order chi connectivity index (χ1) is 9.02. The number of nitrogens with one attached hydrogen (secondary N) is 1. The van der Waals surface area contributed by atoms with Gasteiger partial charge in [0, 0.05) is 18.6 Å². The zero-order valence-electron chi connectivity index (χ0n) is 12.8. The van der Waals surface area contributed by atoms with Gasteiger partial charge in [-0.15, -0.1) is 0 Å². The summed E-state index contributed by atoms with van der Waals surface area (Å²) in [5.41, 5.74) is 6.10. The second-order valence-corrected chi connectivity index (χ2v) is 6.13. The molecular weight excluding hydrogens is 238 g/mol. The smallest absolute Gasteiger partial charge is 0.224 e.